The zero-order chi connectivity index (χ0) is 10.9. The standard InChI is InChI=1S/C5H12O3S.C3H4N2/c1-3-4-5-9(6,7)8-2;1-2-5-3-4-1/h3-5H2,1-2H3;1-3H,(H,4,5). The van der Waals surface area contributed by atoms with Gasteiger partial charge in [-0.2, -0.15) is 8.42 Å². The van der Waals surface area contributed by atoms with Crippen molar-refractivity contribution in [2.45, 2.75) is 19.8 Å². The highest BCUT2D eigenvalue weighted by atomic mass is 32.2. The van der Waals surface area contributed by atoms with Gasteiger partial charge in [0.25, 0.3) is 10.1 Å². The molecule has 0 unspecified atom stereocenters. The van der Waals surface area contributed by atoms with Gasteiger partial charge in [-0.05, 0) is 6.42 Å². The minimum atomic E-state index is -3.18. The van der Waals surface area contributed by atoms with Crippen LogP contribution in [-0.2, 0) is 14.3 Å². The number of nitrogens with one attached hydrogen (secondary N) is 1. The van der Waals surface area contributed by atoms with Crippen LogP contribution >= 0.6 is 0 Å². The molecular weight excluding hydrogens is 204 g/mol. The molecule has 0 radical (unpaired) electrons. The van der Waals surface area contributed by atoms with Gasteiger partial charge in [0.2, 0.25) is 0 Å². The molecule has 0 saturated carbocycles. The van der Waals surface area contributed by atoms with Crippen molar-refractivity contribution in [3.05, 3.63) is 18.7 Å². The average molecular weight is 220 g/mol. The van der Waals surface area contributed by atoms with Crippen LogP contribution < -0.4 is 0 Å². The number of unbranched alkanes of at least 4 members (excludes halogenated alkanes) is 1. The Morgan fingerprint density at radius 2 is 2.21 bits per heavy atom. The van der Waals surface area contributed by atoms with Gasteiger partial charge in [-0.3, -0.25) is 4.18 Å². The summed E-state index contributed by atoms with van der Waals surface area (Å²) in [4.78, 5) is 6.42. The van der Waals surface area contributed by atoms with Crippen LogP contribution in [0, 0.1) is 0 Å². The van der Waals surface area contributed by atoms with Gasteiger partial charge in [-0.1, -0.05) is 13.3 Å². The molecule has 1 N–H and O–H groups in total. The molecule has 1 aromatic rings. The van der Waals surface area contributed by atoms with E-state index >= 15 is 0 Å². The van der Waals surface area contributed by atoms with E-state index in [9.17, 15) is 8.42 Å². The zero-order valence-electron chi connectivity index (χ0n) is 8.43. The van der Waals surface area contributed by atoms with Crippen molar-refractivity contribution in [2.24, 2.45) is 0 Å². The molecule has 1 aromatic heterocycles. The van der Waals surface area contributed by atoms with Gasteiger partial charge in [-0.15, -0.1) is 0 Å². The van der Waals surface area contributed by atoms with E-state index < -0.39 is 10.1 Å². The topological polar surface area (TPSA) is 72.1 Å². The van der Waals surface area contributed by atoms with Crippen molar-refractivity contribution in [1.82, 2.24) is 9.97 Å². The van der Waals surface area contributed by atoms with Crippen LogP contribution in [0.2, 0.25) is 0 Å². The fourth-order valence-corrected chi connectivity index (χ4v) is 1.43. The Labute approximate surface area is 84.6 Å². The highest BCUT2D eigenvalue weighted by Gasteiger charge is 2.05. The van der Waals surface area contributed by atoms with Gasteiger partial charge in [-0.25, -0.2) is 4.98 Å². The molecule has 0 amide bonds. The summed E-state index contributed by atoms with van der Waals surface area (Å²) in [7, 11) is -2.00. The first-order chi connectivity index (χ1) is 6.62. The molecule has 5 nitrogen and oxygen atoms in total. The highest BCUT2D eigenvalue weighted by molar-refractivity contribution is 7.86. The first-order valence-corrected chi connectivity index (χ1v) is 5.91. The van der Waals surface area contributed by atoms with Gasteiger partial charge in [0.15, 0.2) is 0 Å². The number of imidazole rings is 1. The molecule has 0 aliphatic carbocycles. The number of aromatic nitrogens is 2. The summed E-state index contributed by atoms with van der Waals surface area (Å²) in [6.45, 7) is 1.94. The van der Waals surface area contributed by atoms with Crippen molar-refractivity contribution in [3.8, 4) is 0 Å². The highest BCUT2D eigenvalue weighted by Crippen LogP contribution is 1.95. The number of rotatable bonds is 4. The van der Waals surface area contributed by atoms with E-state index in [0.29, 0.717) is 6.42 Å². The van der Waals surface area contributed by atoms with E-state index in [2.05, 4.69) is 14.2 Å². The van der Waals surface area contributed by atoms with Crippen LogP contribution in [0.5, 0.6) is 0 Å². The molecule has 0 fully saturated rings. The van der Waals surface area contributed by atoms with Crippen LogP contribution in [0.3, 0.4) is 0 Å². The van der Waals surface area contributed by atoms with E-state index in [1.165, 1.54) is 7.11 Å². The molecule has 0 atom stereocenters. The Morgan fingerprint density at radius 3 is 2.50 bits per heavy atom. The molecule has 0 bridgehead atoms. The van der Waals surface area contributed by atoms with Crippen LogP contribution in [0.1, 0.15) is 19.8 Å². The Bertz CT molecular complexity index is 277. The van der Waals surface area contributed by atoms with Gasteiger partial charge >= 0.3 is 0 Å². The number of nitrogens with zero attached hydrogens (tertiary/aromatic N) is 1. The molecule has 1 heterocycles. The maximum Gasteiger partial charge on any atom is 0.267 e. The van der Waals surface area contributed by atoms with E-state index in [4.69, 9.17) is 0 Å². The molecule has 6 heteroatoms. The quantitative estimate of drug-likeness (QED) is 0.773. The average Bonchev–Trinajstić information content (AvgIpc) is 2.73. The number of hydrogen-bond acceptors (Lipinski definition) is 4. The largest absolute Gasteiger partial charge is 0.351 e. The molecule has 0 spiro atoms. The first-order valence-electron chi connectivity index (χ1n) is 4.33. The van der Waals surface area contributed by atoms with Crippen molar-refractivity contribution >= 4 is 10.1 Å². The summed E-state index contributed by atoms with van der Waals surface area (Å²) in [6.07, 6.45) is 6.64. The van der Waals surface area contributed by atoms with Crippen molar-refractivity contribution in [1.29, 1.82) is 0 Å². The lowest BCUT2D eigenvalue weighted by atomic mass is 10.4. The fraction of sp³-hybridized carbons (Fsp3) is 0.625. The Kier molecular flexibility index (Phi) is 7.04. The number of hydrogen-bond donors (Lipinski definition) is 1. The zero-order valence-corrected chi connectivity index (χ0v) is 9.25. The minimum Gasteiger partial charge on any atom is -0.351 e. The third kappa shape index (κ3) is 7.75. The Hall–Kier alpha value is -0.880. The summed E-state index contributed by atoms with van der Waals surface area (Å²) in [5.74, 6) is 0.139. The van der Waals surface area contributed by atoms with E-state index in [0.717, 1.165) is 6.42 Å². The molecule has 82 valence electrons. The van der Waals surface area contributed by atoms with Crippen molar-refractivity contribution in [2.75, 3.05) is 12.9 Å². The molecular formula is C8H16N2O3S. The SMILES string of the molecule is CCCCS(=O)(=O)OC.c1c[nH]cn1. The predicted molar refractivity (Wildman–Crippen MR) is 54.3 cm³/mol. The smallest absolute Gasteiger partial charge is 0.267 e. The molecule has 0 aromatic carbocycles. The van der Waals surface area contributed by atoms with E-state index in [1.807, 2.05) is 6.92 Å². The second-order valence-corrected chi connectivity index (χ2v) is 4.40. The van der Waals surface area contributed by atoms with Gasteiger partial charge in [0.1, 0.15) is 0 Å². The van der Waals surface area contributed by atoms with Crippen molar-refractivity contribution < 1.29 is 12.6 Å². The number of H-pyrrole nitrogens is 1. The maximum absolute atomic E-state index is 10.5. The summed E-state index contributed by atoms with van der Waals surface area (Å²) >= 11 is 0. The number of aromatic amines is 1. The molecule has 14 heavy (non-hydrogen) atoms. The lowest BCUT2D eigenvalue weighted by Gasteiger charge is -1.96. The first kappa shape index (κ1) is 13.1. The van der Waals surface area contributed by atoms with Crippen LogP contribution in [0.25, 0.3) is 0 Å². The predicted octanol–water partition coefficient (Wildman–Crippen LogP) is 1.17. The van der Waals surface area contributed by atoms with Crippen LogP contribution in [0.15, 0.2) is 18.7 Å². The maximum atomic E-state index is 10.5. The second-order valence-electron chi connectivity index (χ2n) is 2.54. The Morgan fingerprint density at radius 1 is 1.50 bits per heavy atom. The summed E-state index contributed by atoms with van der Waals surface area (Å²) in [5.41, 5.74) is 0. The third-order valence-corrected chi connectivity index (χ3v) is 2.70. The molecule has 0 saturated heterocycles. The van der Waals surface area contributed by atoms with Crippen molar-refractivity contribution in [3.63, 3.8) is 0 Å². The summed E-state index contributed by atoms with van der Waals surface area (Å²) in [6, 6.07) is 0. The summed E-state index contributed by atoms with van der Waals surface area (Å²) in [5, 5.41) is 0. The summed E-state index contributed by atoms with van der Waals surface area (Å²) < 4.78 is 25.3. The van der Waals surface area contributed by atoms with Crippen LogP contribution in [-0.4, -0.2) is 31.2 Å². The molecule has 0 aliphatic heterocycles. The minimum absolute atomic E-state index is 0.139. The monoisotopic (exact) mass is 220 g/mol. The Balaban J connectivity index is 0.000000280. The lowest BCUT2D eigenvalue weighted by Crippen LogP contribution is -2.06. The second kappa shape index (κ2) is 7.52. The van der Waals surface area contributed by atoms with Gasteiger partial charge < -0.3 is 4.98 Å². The normalized spacial score (nSPS) is 10.4. The van der Waals surface area contributed by atoms with Gasteiger partial charge in [0.05, 0.1) is 19.2 Å². The van der Waals surface area contributed by atoms with Crippen LogP contribution in [0.4, 0.5) is 0 Å². The molecule has 1 rings (SSSR count). The third-order valence-electron chi connectivity index (χ3n) is 1.41. The molecule has 0 aliphatic rings. The fourth-order valence-electron chi connectivity index (χ4n) is 0.620. The lowest BCUT2D eigenvalue weighted by molar-refractivity contribution is 0.396. The van der Waals surface area contributed by atoms with E-state index in [1.54, 1.807) is 18.7 Å². The van der Waals surface area contributed by atoms with E-state index in [-0.39, 0.29) is 5.75 Å². The van der Waals surface area contributed by atoms with Gasteiger partial charge in [0, 0.05) is 12.4 Å².